The van der Waals surface area contributed by atoms with Crippen LogP contribution >= 0.6 is 0 Å². The molecule has 0 heterocycles. The third-order valence-corrected chi connectivity index (χ3v) is 0. The van der Waals surface area contributed by atoms with Gasteiger partial charge in [0.25, 0.3) is 0 Å². The maximum absolute atomic E-state index is 8.89. The molecule has 53 valence electrons. The van der Waals surface area contributed by atoms with Crippen LogP contribution in [-0.2, 0) is 37.3 Å². The van der Waals surface area contributed by atoms with Crippen LogP contribution in [-0.4, -0.2) is 13.3 Å². The van der Waals surface area contributed by atoms with Crippen LogP contribution in [0.25, 0.3) is 0 Å². The minimum Gasteiger partial charge on any atom is -0.780 e. The molecule has 0 aliphatic heterocycles. The van der Waals surface area contributed by atoms with Gasteiger partial charge in [0.05, 0.1) is 0 Å². The Morgan fingerprint density at radius 2 is 1.25 bits per heavy atom. The second kappa shape index (κ2) is 7.73. The van der Waals surface area contributed by atoms with E-state index in [-0.39, 0.29) is 29.4 Å². The van der Waals surface area contributed by atoms with Crippen molar-refractivity contribution in [1.82, 2.24) is 12.3 Å². The Bertz CT molecular complexity index is 98.5. The average molecular weight is 202 g/mol. The molecule has 8 heavy (non-hydrogen) atoms. The maximum atomic E-state index is 8.89. The van der Waals surface area contributed by atoms with E-state index in [9.17, 15) is 0 Å². The summed E-state index contributed by atoms with van der Waals surface area (Å²) in [5, 5.41) is 0. The van der Waals surface area contributed by atoms with Gasteiger partial charge in [0.1, 0.15) is 0 Å². The van der Waals surface area contributed by atoms with E-state index in [4.69, 9.17) is 13.3 Å². The fourth-order valence-electron chi connectivity index (χ4n) is 0. The summed E-state index contributed by atoms with van der Waals surface area (Å²) in [6, 6.07) is 0. The summed E-state index contributed by atoms with van der Waals surface area (Å²) in [4.78, 5) is 0. The predicted molar refractivity (Wildman–Crippen MR) is 27.1 cm³/mol. The van der Waals surface area contributed by atoms with Gasteiger partial charge >= 0.3 is 17.1 Å². The van der Waals surface area contributed by atoms with Crippen LogP contribution in [0.5, 0.6) is 0 Å². The van der Waals surface area contributed by atoms with Gasteiger partial charge in [0.15, 0.2) is 0 Å². The molecule has 1 radical (unpaired) electrons. The Morgan fingerprint density at radius 3 is 1.25 bits per heavy atom. The zero-order valence-electron chi connectivity index (χ0n) is 3.81. The SMILES string of the molecule is N.N.O=S([O-])([O-])=S.[Fe+3]. The summed E-state index contributed by atoms with van der Waals surface area (Å²) < 4.78 is 26.7. The molecule has 0 spiro atoms. The van der Waals surface area contributed by atoms with Gasteiger partial charge in [-0.1, -0.05) is 0 Å². The number of hydrogen-bond acceptors (Lipinski definition) is 6. The standard InChI is InChI=1S/Fe.2H3N.H2O3S2/c;;;1-5(2,3)4/h;2*1H3;(H2,1,2,3,4)/q+3;;;/p-2. The molecule has 6 N–H and O–H groups in total. The monoisotopic (exact) mass is 202 g/mol. The van der Waals surface area contributed by atoms with Gasteiger partial charge in [-0.05, 0) is 11.2 Å². The van der Waals surface area contributed by atoms with Crippen molar-refractivity contribution in [2.75, 3.05) is 0 Å². The van der Waals surface area contributed by atoms with Crippen LogP contribution in [0.1, 0.15) is 0 Å². The Balaban J connectivity index is -0.0000000267. The molecule has 0 aliphatic rings. The second-order valence-electron chi connectivity index (χ2n) is 0.408. The molecule has 0 fully saturated rings. The molecule has 0 bridgehead atoms. The number of hydrogen-bond donors (Lipinski definition) is 2. The minimum atomic E-state index is -4.33. The Morgan fingerprint density at radius 1 is 1.25 bits per heavy atom. The molecule has 0 atom stereocenters. The molecule has 0 saturated carbocycles. The first kappa shape index (κ1) is 23.3. The predicted octanol–water partition coefficient (Wildman–Crippen LogP) is -0.685. The Labute approximate surface area is 63.2 Å². The van der Waals surface area contributed by atoms with Crippen LogP contribution < -0.4 is 12.3 Å². The molecule has 0 saturated heterocycles. The fourth-order valence-corrected chi connectivity index (χ4v) is 0. The van der Waals surface area contributed by atoms with E-state index >= 15 is 0 Å². The van der Waals surface area contributed by atoms with Crippen molar-refractivity contribution in [3.05, 3.63) is 0 Å². The van der Waals surface area contributed by atoms with Crippen LogP contribution in [0.3, 0.4) is 0 Å². The van der Waals surface area contributed by atoms with E-state index in [1.54, 1.807) is 0 Å². The Hall–Kier alpha value is 0.729. The van der Waals surface area contributed by atoms with Crippen molar-refractivity contribution in [3.8, 4) is 0 Å². The fraction of sp³-hybridized carbons (Fsp3) is 0. The summed E-state index contributed by atoms with van der Waals surface area (Å²) in [5.41, 5.74) is 0. The molecular formula is H6FeN2O3S2+. The Kier molecular flexibility index (Phi) is 22.5. The zero-order chi connectivity index (χ0) is 4.50. The third kappa shape index (κ3) is 415. The quantitative estimate of drug-likeness (QED) is 0.499. The molecule has 0 aromatic carbocycles. The van der Waals surface area contributed by atoms with Gasteiger partial charge in [-0.15, -0.1) is 9.05 Å². The molecule has 0 amide bonds. The molecule has 0 aliphatic carbocycles. The van der Waals surface area contributed by atoms with Gasteiger partial charge in [-0.25, -0.2) is 0 Å². The van der Waals surface area contributed by atoms with Gasteiger partial charge in [0.2, 0.25) is 0 Å². The van der Waals surface area contributed by atoms with Crippen molar-refractivity contribution in [1.29, 1.82) is 0 Å². The van der Waals surface area contributed by atoms with Gasteiger partial charge in [-0.2, -0.15) is 0 Å². The molecule has 5 nitrogen and oxygen atoms in total. The number of rotatable bonds is 0. The van der Waals surface area contributed by atoms with Crippen LogP contribution in [0, 0.1) is 0 Å². The van der Waals surface area contributed by atoms with Gasteiger partial charge in [-0.3, -0.25) is 4.21 Å². The van der Waals surface area contributed by atoms with E-state index in [1.807, 2.05) is 0 Å². The van der Waals surface area contributed by atoms with Crippen molar-refractivity contribution in [2.45, 2.75) is 0 Å². The first-order valence-electron chi connectivity index (χ1n) is 0.667. The van der Waals surface area contributed by atoms with Gasteiger partial charge in [0, 0.05) is 0 Å². The molecular weight excluding hydrogens is 196 g/mol. The first-order chi connectivity index (χ1) is 2.00. The minimum absolute atomic E-state index is 0. The van der Waals surface area contributed by atoms with Gasteiger partial charge < -0.3 is 21.4 Å². The maximum Gasteiger partial charge on any atom is 3.00 e. The molecule has 0 aromatic heterocycles. The molecule has 0 unspecified atom stereocenters. The largest absolute Gasteiger partial charge is 3.00 e. The van der Waals surface area contributed by atoms with Crippen LogP contribution in [0.15, 0.2) is 0 Å². The summed E-state index contributed by atoms with van der Waals surface area (Å²) >= 11 is 3.24. The van der Waals surface area contributed by atoms with Crippen molar-refractivity contribution >= 4 is 20.2 Å². The van der Waals surface area contributed by atoms with Crippen molar-refractivity contribution < 1.29 is 30.4 Å². The smallest absolute Gasteiger partial charge is 0.780 e. The van der Waals surface area contributed by atoms with E-state index in [1.165, 1.54) is 0 Å². The summed E-state index contributed by atoms with van der Waals surface area (Å²) in [6.45, 7) is 0. The summed E-state index contributed by atoms with van der Waals surface area (Å²) in [5.74, 6) is 0. The third-order valence-electron chi connectivity index (χ3n) is 0. The first-order valence-corrected chi connectivity index (χ1v) is 3.00. The normalized spacial score (nSPS) is 7.25. The molecule has 0 aromatic rings. The van der Waals surface area contributed by atoms with Crippen LogP contribution in [0.4, 0.5) is 0 Å². The molecule has 0 rings (SSSR count). The molecule has 8 heteroatoms. The van der Waals surface area contributed by atoms with Crippen molar-refractivity contribution in [2.24, 2.45) is 0 Å². The van der Waals surface area contributed by atoms with Crippen molar-refractivity contribution in [3.63, 3.8) is 0 Å². The van der Waals surface area contributed by atoms with Crippen LogP contribution in [0.2, 0.25) is 0 Å². The van der Waals surface area contributed by atoms with E-state index in [0.29, 0.717) is 0 Å². The second-order valence-corrected chi connectivity index (χ2v) is 2.45. The topological polar surface area (TPSA) is 133 Å². The van der Waals surface area contributed by atoms with E-state index < -0.39 is 9.05 Å². The summed E-state index contributed by atoms with van der Waals surface area (Å²) in [6.07, 6.45) is 0. The zero-order valence-corrected chi connectivity index (χ0v) is 6.55. The van der Waals surface area contributed by atoms with E-state index in [0.717, 1.165) is 0 Å². The summed E-state index contributed by atoms with van der Waals surface area (Å²) in [7, 11) is -4.33. The van der Waals surface area contributed by atoms with E-state index in [2.05, 4.69) is 11.2 Å². The average Bonchev–Trinajstić information content (AvgIpc) is 0.722.